The second-order valence-corrected chi connectivity index (χ2v) is 27.4. The molecule has 0 radical (unpaired) electrons. The monoisotopic (exact) mass is 1340 g/mol. The zero-order chi connectivity index (χ0) is 67.5. The first-order chi connectivity index (χ1) is 44.7. The van der Waals surface area contributed by atoms with Crippen molar-refractivity contribution >= 4 is 39.5 Å². The quantitative estimate of drug-likeness (QED) is 0.0169. The number of rotatable bonds is 69. The van der Waals surface area contributed by atoms with Crippen molar-refractivity contribution in [1.82, 2.24) is 0 Å². The second-order valence-electron chi connectivity index (χ2n) is 24.5. The molecule has 0 aliphatic carbocycles. The summed E-state index contributed by atoms with van der Waals surface area (Å²) < 4.78 is 68.2. The number of allylic oxidation sites excluding steroid dienone is 10. The van der Waals surface area contributed by atoms with Crippen molar-refractivity contribution in [2.45, 2.75) is 341 Å². The average Bonchev–Trinajstić information content (AvgIpc) is 2.31. The van der Waals surface area contributed by atoms with Crippen molar-refractivity contribution in [3.63, 3.8) is 0 Å². The van der Waals surface area contributed by atoms with Crippen LogP contribution in [0.3, 0.4) is 0 Å². The highest BCUT2D eigenvalue weighted by molar-refractivity contribution is 7.47. The van der Waals surface area contributed by atoms with Gasteiger partial charge in [-0.1, -0.05) is 268 Å². The SMILES string of the molecule is CC/C=C\C/C=C\C/C=C\C/C=C\CCCCCCC(=O)OCC(COP(=O)(O)OCC(O)COP(=O)(O)OCC(COC(=O)CCCCCCC/C=C\CCCCCC)OC(=O)CCCCCCCCCCCCC)OC(=O)CCCCCCCCCCCCC. The van der Waals surface area contributed by atoms with E-state index in [9.17, 15) is 43.2 Å². The normalized spacial score (nSPS) is 14.4. The molecule has 0 fully saturated rings. The molecule has 0 heterocycles. The molecule has 92 heavy (non-hydrogen) atoms. The van der Waals surface area contributed by atoms with E-state index < -0.39 is 97.5 Å². The summed E-state index contributed by atoms with van der Waals surface area (Å²) in [6.45, 7) is 4.72. The summed E-state index contributed by atoms with van der Waals surface area (Å²) in [5.74, 6) is -2.18. The molecular weight excluding hydrogens is 1210 g/mol. The number of unbranched alkanes of at least 4 members (excludes halogenated alkanes) is 33. The highest BCUT2D eigenvalue weighted by Gasteiger charge is 2.30. The Hall–Kier alpha value is -3.24. The molecule has 19 heteroatoms. The van der Waals surface area contributed by atoms with Crippen LogP contribution in [0.15, 0.2) is 60.8 Å². The molecule has 536 valence electrons. The van der Waals surface area contributed by atoms with Crippen molar-refractivity contribution in [1.29, 1.82) is 0 Å². The van der Waals surface area contributed by atoms with E-state index >= 15 is 0 Å². The lowest BCUT2D eigenvalue weighted by Crippen LogP contribution is -2.30. The van der Waals surface area contributed by atoms with Gasteiger partial charge in [-0.15, -0.1) is 0 Å². The molecule has 0 rings (SSSR count). The fourth-order valence-electron chi connectivity index (χ4n) is 9.91. The highest BCUT2D eigenvalue weighted by Crippen LogP contribution is 2.45. The molecule has 5 atom stereocenters. The number of phosphoric ester groups is 2. The average molecular weight is 1340 g/mol. The smallest absolute Gasteiger partial charge is 0.462 e. The molecule has 0 aliphatic rings. The zero-order valence-electron chi connectivity index (χ0n) is 58.2. The van der Waals surface area contributed by atoms with E-state index in [0.29, 0.717) is 25.7 Å². The summed E-state index contributed by atoms with van der Waals surface area (Å²) in [5, 5.41) is 10.6. The van der Waals surface area contributed by atoms with Gasteiger partial charge in [0.25, 0.3) is 0 Å². The van der Waals surface area contributed by atoms with E-state index in [-0.39, 0.29) is 25.7 Å². The second kappa shape index (κ2) is 66.4. The molecular formula is C73H132O17P2. The lowest BCUT2D eigenvalue weighted by atomic mass is 10.1. The van der Waals surface area contributed by atoms with Gasteiger partial charge in [0.05, 0.1) is 26.4 Å². The summed E-state index contributed by atoms with van der Waals surface area (Å²) >= 11 is 0. The maximum atomic E-state index is 13.0. The van der Waals surface area contributed by atoms with Gasteiger partial charge in [0.15, 0.2) is 12.2 Å². The molecule has 0 aromatic rings. The van der Waals surface area contributed by atoms with Gasteiger partial charge < -0.3 is 33.8 Å². The van der Waals surface area contributed by atoms with Gasteiger partial charge >= 0.3 is 39.5 Å². The van der Waals surface area contributed by atoms with Crippen molar-refractivity contribution in [2.24, 2.45) is 0 Å². The molecule has 0 saturated heterocycles. The number of phosphoric acid groups is 2. The highest BCUT2D eigenvalue weighted by atomic mass is 31.2. The molecule has 0 aromatic heterocycles. The van der Waals surface area contributed by atoms with Crippen LogP contribution in [0.2, 0.25) is 0 Å². The van der Waals surface area contributed by atoms with Crippen LogP contribution in [-0.4, -0.2) is 96.7 Å². The Labute approximate surface area is 559 Å². The number of ether oxygens (including phenoxy) is 4. The van der Waals surface area contributed by atoms with E-state index in [0.717, 1.165) is 141 Å². The van der Waals surface area contributed by atoms with Gasteiger partial charge in [-0.3, -0.25) is 37.3 Å². The number of esters is 4. The largest absolute Gasteiger partial charge is 0.472 e. The van der Waals surface area contributed by atoms with Crippen molar-refractivity contribution in [3.8, 4) is 0 Å². The number of aliphatic hydroxyl groups excluding tert-OH is 1. The molecule has 0 bridgehead atoms. The maximum Gasteiger partial charge on any atom is 0.472 e. The predicted molar refractivity (Wildman–Crippen MR) is 372 cm³/mol. The molecule has 0 amide bonds. The van der Waals surface area contributed by atoms with Gasteiger partial charge in [-0.25, -0.2) is 9.13 Å². The van der Waals surface area contributed by atoms with E-state index in [2.05, 4.69) is 88.5 Å². The number of carbonyl (C=O) groups excluding carboxylic acids is 4. The molecule has 5 unspecified atom stereocenters. The van der Waals surface area contributed by atoms with E-state index in [1.54, 1.807) is 0 Å². The third kappa shape index (κ3) is 65.4. The third-order valence-electron chi connectivity index (χ3n) is 15.5. The molecule has 0 spiro atoms. The van der Waals surface area contributed by atoms with Crippen LogP contribution >= 0.6 is 15.6 Å². The van der Waals surface area contributed by atoms with Gasteiger partial charge in [-0.05, 0) is 89.9 Å². The lowest BCUT2D eigenvalue weighted by Gasteiger charge is -2.21. The summed E-state index contributed by atoms with van der Waals surface area (Å²) in [4.78, 5) is 72.6. The predicted octanol–water partition coefficient (Wildman–Crippen LogP) is 20.3. The van der Waals surface area contributed by atoms with Crippen LogP contribution in [0.1, 0.15) is 323 Å². The minimum atomic E-state index is -4.97. The van der Waals surface area contributed by atoms with Crippen molar-refractivity contribution in [2.75, 3.05) is 39.6 Å². The minimum Gasteiger partial charge on any atom is -0.462 e. The summed E-state index contributed by atoms with van der Waals surface area (Å²) in [6.07, 6.45) is 62.3. The Morgan fingerprint density at radius 1 is 0.315 bits per heavy atom. The molecule has 17 nitrogen and oxygen atoms in total. The number of hydrogen-bond donors (Lipinski definition) is 3. The molecule has 3 N–H and O–H groups in total. The van der Waals surface area contributed by atoms with E-state index in [4.69, 9.17) is 37.0 Å². The Balaban J connectivity index is 5.29. The van der Waals surface area contributed by atoms with Gasteiger partial charge in [0.1, 0.15) is 19.3 Å². The minimum absolute atomic E-state index is 0.0945. The van der Waals surface area contributed by atoms with Crippen LogP contribution < -0.4 is 0 Å². The number of hydrogen-bond acceptors (Lipinski definition) is 15. The van der Waals surface area contributed by atoms with Crippen LogP contribution in [0.25, 0.3) is 0 Å². The summed E-state index contributed by atoms with van der Waals surface area (Å²) in [5.41, 5.74) is 0. The zero-order valence-corrected chi connectivity index (χ0v) is 60.0. The summed E-state index contributed by atoms with van der Waals surface area (Å²) in [6, 6.07) is 0. The van der Waals surface area contributed by atoms with Crippen molar-refractivity contribution < 1.29 is 80.2 Å². The van der Waals surface area contributed by atoms with Crippen LogP contribution in [0, 0.1) is 0 Å². The van der Waals surface area contributed by atoms with Crippen LogP contribution in [-0.2, 0) is 65.4 Å². The van der Waals surface area contributed by atoms with Gasteiger partial charge in [-0.2, -0.15) is 0 Å². The van der Waals surface area contributed by atoms with E-state index in [1.807, 2.05) is 0 Å². The third-order valence-corrected chi connectivity index (χ3v) is 17.4. The molecule has 0 aliphatic heterocycles. The van der Waals surface area contributed by atoms with Crippen LogP contribution in [0.4, 0.5) is 0 Å². The topological polar surface area (TPSA) is 237 Å². The molecule has 0 aromatic carbocycles. The fourth-order valence-corrected chi connectivity index (χ4v) is 11.5. The maximum absolute atomic E-state index is 13.0. The first-order valence-electron chi connectivity index (χ1n) is 36.5. The standard InChI is InChI=1S/C73H132O17P2/c1-5-9-13-17-21-25-29-31-32-33-34-36-40-42-46-50-54-58-71(76)84-64-69(90-73(78)60-56-52-48-44-38-28-24-20-16-12-8-4)66-88-92(81,82)86-62-67(74)61-85-91(79,80)87-65-68(89-72(77)59-55-51-47-43-37-27-23-19-15-11-7-3)63-83-70(75)57-53-49-45-41-39-35-30-26-22-18-14-10-6-2/h9,13,21,25-26,30-32,34,36,67-69,74H,5-8,10-12,14-20,22-24,27-29,33,35,37-66H2,1-4H3,(H,79,80)(H,81,82)/b13-9-,25-21-,30-26-,32-31-,36-34-. The first-order valence-corrected chi connectivity index (χ1v) is 39.5. The van der Waals surface area contributed by atoms with E-state index in [1.165, 1.54) is 103 Å². The first kappa shape index (κ1) is 88.8. The lowest BCUT2D eigenvalue weighted by molar-refractivity contribution is -0.161. The number of carbonyl (C=O) groups is 4. The fraction of sp³-hybridized carbons (Fsp3) is 0.808. The van der Waals surface area contributed by atoms with Gasteiger partial charge in [0.2, 0.25) is 0 Å². The Morgan fingerprint density at radius 3 is 0.891 bits per heavy atom. The van der Waals surface area contributed by atoms with Gasteiger partial charge in [0, 0.05) is 25.7 Å². The van der Waals surface area contributed by atoms with Crippen LogP contribution in [0.5, 0.6) is 0 Å². The Morgan fingerprint density at radius 2 is 0.565 bits per heavy atom. The Bertz CT molecular complexity index is 1990. The molecule has 0 saturated carbocycles. The summed E-state index contributed by atoms with van der Waals surface area (Å²) in [7, 11) is -9.93. The Kier molecular flexibility index (Phi) is 64.0. The van der Waals surface area contributed by atoms with Crippen molar-refractivity contribution in [3.05, 3.63) is 60.8 Å². The number of aliphatic hydroxyl groups is 1.